The molecule has 4 bridgehead atoms. The van der Waals surface area contributed by atoms with Gasteiger partial charge in [0, 0.05) is 54.1 Å². The number of rotatable bonds is 33. The van der Waals surface area contributed by atoms with E-state index in [0.29, 0.717) is 62.8 Å². The highest BCUT2D eigenvalue weighted by atomic mass is 35.5. The zero-order chi connectivity index (χ0) is 72.2. The Morgan fingerprint density at radius 2 is 1.37 bits per heavy atom. The zero-order valence-electron chi connectivity index (χ0n) is 58.1. The minimum atomic E-state index is -2.45. The van der Waals surface area contributed by atoms with Crippen LogP contribution in [0.3, 0.4) is 0 Å². The highest BCUT2D eigenvalue weighted by Gasteiger charge is 2.76. The Balaban J connectivity index is 1.06. The van der Waals surface area contributed by atoms with E-state index < -0.39 is 120 Å². The van der Waals surface area contributed by atoms with Gasteiger partial charge in [0.05, 0.1) is 123 Å². The number of allylic oxidation sites excluding steroid dienone is 3. The second kappa shape index (κ2) is 36.5. The lowest BCUT2D eigenvalue weighted by Crippen LogP contribution is -2.65. The number of anilines is 1. The van der Waals surface area contributed by atoms with Gasteiger partial charge in [0.25, 0.3) is 0 Å². The van der Waals surface area contributed by atoms with Crippen molar-refractivity contribution in [2.45, 2.75) is 127 Å². The van der Waals surface area contributed by atoms with Crippen molar-refractivity contribution in [3.63, 3.8) is 0 Å². The Morgan fingerprint density at radius 1 is 0.808 bits per heavy atom. The fraction of sp³-hybridized carbons (Fsp3) is 0.571. The molecular formula is C70H95ClN6O22. The highest BCUT2D eigenvalue weighted by Crippen LogP contribution is 2.60. The van der Waals surface area contributed by atoms with Gasteiger partial charge in [-0.05, 0) is 74.1 Å². The number of epoxide rings is 1. The van der Waals surface area contributed by atoms with Crippen LogP contribution >= 0.6 is 11.6 Å². The van der Waals surface area contributed by atoms with Crippen molar-refractivity contribution in [3.05, 3.63) is 106 Å². The normalized spacial score (nSPS) is 23.8. The Bertz CT molecular complexity index is 3330. The summed E-state index contributed by atoms with van der Waals surface area (Å²) in [7, 11) is 7.15. The molecule has 3 unspecified atom stereocenters. The molecule has 3 aromatic rings. The molecule has 1 aliphatic carbocycles. The monoisotopic (exact) mass is 1410 g/mol. The largest absolute Gasteiger partial charge is 0.495 e. The Hall–Kier alpha value is -7.77. The number of likely N-dealkylation sites (N-methyl/N-ethyl adjacent to an activating group) is 2. The summed E-state index contributed by atoms with van der Waals surface area (Å²) in [6, 6.07) is 15.9. The van der Waals surface area contributed by atoms with E-state index in [1.54, 1.807) is 50.3 Å². The van der Waals surface area contributed by atoms with Gasteiger partial charge in [-0.25, -0.2) is 19.2 Å². The Kier molecular flexibility index (Phi) is 29.0. The van der Waals surface area contributed by atoms with Crippen LogP contribution in [-0.2, 0) is 87.3 Å². The molecule has 0 radical (unpaired) electrons. The quantitative estimate of drug-likeness (QED) is 0.0222. The maximum atomic E-state index is 16.0. The first-order chi connectivity index (χ1) is 47.2. The predicted molar refractivity (Wildman–Crippen MR) is 360 cm³/mol. The van der Waals surface area contributed by atoms with Crippen molar-refractivity contribution in [2.75, 3.05) is 133 Å². The van der Waals surface area contributed by atoms with Gasteiger partial charge < -0.3 is 92.4 Å². The van der Waals surface area contributed by atoms with Crippen LogP contribution in [0.4, 0.5) is 15.3 Å². The minimum Gasteiger partial charge on any atom is -0.495 e. The third-order valence-corrected chi connectivity index (χ3v) is 18.7. The molecule has 2 fully saturated rings. The van der Waals surface area contributed by atoms with Crippen LogP contribution in [-0.4, -0.2) is 249 Å². The van der Waals surface area contributed by atoms with Crippen molar-refractivity contribution in [2.24, 2.45) is 5.92 Å². The van der Waals surface area contributed by atoms with Crippen molar-refractivity contribution < 1.29 is 105 Å². The van der Waals surface area contributed by atoms with E-state index in [4.69, 9.17) is 73.5 Å². The smallest absolute Gasteiger partial charge is 0.409 e. The number of esters is 1. The number of ether oxygens (including phenoxy) is 12. The summed E-state index contributed by atoms with van der Waals surface area (Å²) < 4.78 is 71.4. The molecule has 0 aromatic heterocycles. The molecule has 6 amide bonds. The number of nitrogens with zero attached hydrogens (tertiary/aromatic N) is 3. The number of hydrogen-bond acceptors (Lipinski definition) is 21. The number of alkyl carbamates (subject to hydrolysis) is 2. The number of nitrogens with one attached hydrogen (secondary N) is 3. The number of carbonyl (C=O) groups excluding carboxylic acids is 7. The number of carboxylic acids is 1. The van der Waals surface area contributed by atoms with Gasteiger partial charge in [-0.3, -0.25) is 24.5 Å². The standard InChI is InChI=1S/C70H95ClN6O22/c1-43-17-16-22-56(89-11)70(87)40-55(96-67(86)74-70)44(2)62-68(6,98-62)69(99-65(84)46(4)75(7)47(5)78,41-59(81)77(9)53-38-48(37-43)39-54(88-10)61(53)71)63(60-51-20-14-12-18-49(51)50-19-13-15-21-52(50)60)97-66(85)73-42-57(79)72-24-26-91-28-30-93-32-34-95-36-35-94-33-31-92-29-27-90-25-23-58(80)76(8)45(3)64(82)83/h12-22,38-39,44-46,55-56,60,62-63,87H,23-37,40-42H2,1-11H3,(H,72,79)(H,73,85)(H,74,86)(H,82,83)/b22-16+,43-17+/t44-,45?,46+,55+,56?,62+,63?,68-,69-,70+/m1/s1. The average molecular weight is 1410 g/mol. The van der Waals surface area contributed by atoms with E-state index >= 15 is 9.59 Å². The van der Waals surface area contributed by atoms with Crippen LogP contribution in [0.15, 0.2) is 84.5 Å². The lowest BCUT2D eigenvalue weighted by molar-refractivity contribution is -0.196. The SMILES string of the molecule is COc1cc2cc(c1Cl)N(C)C(=O)C[C@@](OC(=O)[C@H](C)N(C)C(C)=O)(C(OC(=O)NCC(=O)NCCOCCOCCOCCOCCOCCOCCC(=O)N(C)C(C)C(=O)O)C1c3ccccc3-c3ccccc31)[C@]1(C)O[C@H]1[C@H](C)[C@@H]1C[C@@](O)(NC(=O)O1)C(OC)/C=C/C=C(\C)C2. The van der Waals surface area contributed by atoms with Gasteiger partial charge >= 0.3 is 24.1 Å². The summed E-state index contributed by atoms with van der Waals surface area (Å²) in [5, 5.41) is 29.3. The molecule has 544 valence electrons. The maximum absolute atomic E-state index is 16.0. The number of aliphatic carboxylic acids is 1. The predicted octanol–water partition coefficient (Wildman–Crippen LogP) is 5.35. The van der Waals surface area contributed by atoms with Crippen molar-refractivity contribution in [1.82, 2.24) is 25.8 Å². The highest BCUT2D eigenvalue weighted by molar-refractivity contribution is 6.35. The first-order valence-corrected chi connectivity index (χ1v) is 33.3. The van der Waals surface area contributed by atoms with Crippen LogP contribution in [0.2, 0.25) is 5.02 Å². The Labute approximate surface area is 582 Å². The molecule has 0 spiro atoms. The number of fused-ring (bicyclic) bond motifs is 8. The van der Waals surface area contributed by atoms with E-state index in [-0.39, 0.29) is 81.4 Å². The molecule has 10 atom stereocenters. The summed E-state index contributed by atoms with van der Waals surface area (Å²) >= 11 is 7.13. The summed E-state index contributed by atoms with van der Waals surface area (Å²) in [5.74, 6) is -6.00. The number of hydrogen-bond donors (Lipinski definition) is 5. The van der Waals surface area contributed by atoms with E-state index in [2.05, 4.69) is 16.0 Å². The number of carboxylic acid groups (broad SMARTS) is 1. The maximum Gasteiger partial charge on any atom is 0.409 e. The average Bonchev–Trinajstić information content (AvgIpc) is 1.15. The van der Waals surface area contributed by atoms with Crippen molar-refractivity contribution in [3.8, 4) is 16.9 Å². The van der Waals surface area contributed by atoms with Gasteiger partial charge in [-0.2, -0.15) is 0 Å². The number of amides is 6. The number of benzene rings is 3. The first kappa shape index (κ1) is 78.6. The van der Waals surface area contributed by atoms with Crippen LogP contribution in [0.1, 0.15) is 83.4 Å². The lowest BCUT2D eigenvalue weighted by Gasteiger charge is -2.46. The fourth-order valence-corrected chi connectivity index (χ4v) is 12.6. The second-order valence-corrected chi connectivity index (χ2v) is 25.3. The second-order valence-electron chi connectivity index (χ2n) is 24.9. The molecule has 3 aliphatic heterocycles. The third-order valence-electron chi connectivity index (χ3n) is 18.4. The van der Waals surface area contributed by atoms with E-state index in [0.717, 1.165) is 26.5 Å². The van der Waals surface area contributed by atoms with Crippen molar-refractivity contribution in [1.29, 1.82) is 0 Å². The molecule has 99 heavy (non-hydrogen) atoms. The van der Waals surface area contributed by atoms with Gasteiger partial charge in [-0.1, -0.05) is 90.9 Å². The molecule has 5 N–H and O–H groups in total. The summed E-state index contributed by atoms with van der Waals surface area (Å²) in [5.41, 5.74) is -2.01. The summed E-state index contributed by atoms with van der Waals surface area (Å²) in [6.07, 6.45) is -2.84. The number of methoxy groups -OCH3 is 2. The fourth-order valence-electron chi connectivity index (χ4n) is 12.3. The first-order valence-electron chi connectivity index (χ1n) is 32.9. The molecule has 3 heterocycles. The zero-order valence-corrected chi connectivity index (χ0v) is 58.9. The lowest BCUT2D eigenvalue weighted by atomic mass is 9.69. The van der Waals surface area contributed by atoms with E-state index in [1.165, 1.54) is 61.0 Å². The van der Waals surface area contributed by atoms with E-state index in [1.807, 2.05) is 49.4 Å². The third kappa shape index (κ3) is 20.0. The molecule has 3 aromatic carbocycles. The Morgan fingerprint density at radius 3 is 1.93 bits per heavy atom. The molecule has 28 nitrogen and oxygen atoms in total. The number of carbonyl (C=O) groups is 8. The van der Waals surface area contributed by atoms with Gasteiger partial charge in [0.2, 0.25) is 23.6 Å². The molecular weight excluding hydrogens is 1310 g/mol. The topological polar surface area (TPSA) is 337 Å². The number of aliphatic hydroxyl groups is 1. The van der Waals surface area contributed by atoms with Crippen LogP contribution in [0.5, 0.6) is 5.75 Å². The summed E-state index contributed by atoms with van der Waals surface area (Å²) in [6.45, 7) is 11.9. The molecule has 7 rings (SSSR count). The van der Waals surface area contributed by atoms with Crippen LogP contribution in [0, 0.1) is 5.92 Å². The van der Waals surface area contributed by atoms with Crippen LogP contribution < -0.4 is 25.6 Å². The number of halogens is 1. The summed E-state index contributed by atoms with van der Waals surface area (Å²) in [4.78, 5) is 113. The van der Waals surface area contributed by atoms with Crippen molar-refractivity contribution >= 4 is 65.0 Å². The van der Waals surface area contributed by atoms with E-state index in [9.17, 15) is 33.9 Å². The minimum absolute atomic E-state index is 0.0471. The van der Waals surface area contributed by atoms with Gasteiger partial charge in [0.15, 0.2) is 17.4 Å². The van der Waals surface area contributed by atoms with Gasteiger partial charge in [-0.15, -0.1) is 0 Å². The van der Waals surface area contributed by atoms with Gasteiger partial charge in [0.1, 0.15) is 40.7 Å². The van der Waals surface area contributed by atoms with Crippen LogP contribution in [0.25, 0.3) is 11.1 Å². The molecule has 2 saturated heterocycles. The molecule has 0 saturated carbocycles. The molecule has 4 aliphatic rings. The molecule has 29 heteroatoms.